The second kappa shape index (κ2) is 10.1. The Hall–Kier alpha value is -3.39. The number of carboxylic acid groups (broad SMARTS) is 1. The molecular weight excluding hydrogens is 448 g/mol. The fourth-order valence-corrected chi connectivity index (χ4v) is 5.68. The molecule has 0 radical (unpaired) electrons. The molecule has 0 aromatic heterocycles. The second-order valence-corrected chi connectivity index (χ2v) is 9.50. The Balaban J connectivity index is 1.21. The molecule has 0 unspecified atom stereocenters. The number of fused-ring (bicyclic) bond motifs is 3. The third kappa shape index (κ3) is 4.75. The van der Waals surface area contributed by atoms with Crippen LogP contribution >= 0.6 is 0 Å². The van der Waals surface area contributed by atoms with Crippen LogP contribution < -0.4 is 10.6 Å². The molecule has 2 aromatic carbocycles. The molecule has 0 bridgehead atoms. The van der Waals surface area contributed by atoms with E-state index in [4.69, 9.17) is 9.47 Å². The SMILES string of the molecule is O=C(N[C@@H]1CCCC[C@@H]1C(=O)N[C@@H]1CCO[C@@H]1C(=O)O)OCC1c2ccccc2-c2ccccc21. The van der Waals surface area contributed by atoms with Gasteiger partial charge in [-0.3, -0.25) is 4.79 Å². The van der Waals surface area contributed by atoms with Gasteiger partial charge in [-0.2, -0.15) is 0 Å². The maximum Gasteiger partial charge on any atom is 0.407 e. The molecule has 2 amide bonds. The van der Waals surface area contributed by atoms with E-state index in [0.29, 0.717) is 25.9 Å². The number of nitrogens with one attached hydrogen (secondary N) is 2. The highest BCUT2D eigenvalue weighted by Crippen LogP contribution is 2.44. The third-order valence-corrected chi connectivity index (χ3v) is 7.41. The maximum absolute atomic E-state index is 13.0. The maximum atomic E-state index is 13.0. The van der Waals surface area contributed by atoms with Crippen molar-refractivity contribution in [3.63, 3.8) is 0 Å². The molecule has 1 saturated carbocycles. The number of rotatable bonds is 6. The average molecular weight is 479 g/mol. The lowest BCUT2D eigenvalue weighted by Gasteiger charge is -2.32. The van der Waals surface area contributed by atoms with Gasteiger partial charge in [0.1, 0.15) is 6.61 Å². The second-order valence-electron chi connectivity index (χ2n) is 9.50. The molecule has 1 aliphatic heterocycles. The predicted molar refractivity (Wildman–Crippen MR) is 128 cm³/mol. The number of carboxylic acids is 1. The van der Waals surface area contributed by atoms with Crippen molar-refractivity contribution in [2.45, 2.75) is 56.2 Å². The van der Waals surface area contributed by atoms with Gasteiger partial charge in [-0.25, -0.2) is 9.59 Å². The highest BCUT2D eigenvalue weighted by Gasteiger charge is 2.39. The normalized spacial score (nSPS) is 25.4. The van der Waals surface area contributed by atoms with Crippen molar-refractivity contribution in [2.75, 3.05) is 13.2 Å². The summed E-state index contributed by atoms with van der Waals surface area (Å²) >= 11 is 0. The van der Waals surface area contributed by atoms with Gasteiger partial charge in [-0.1, -0.05) is 61.4 Å². The number of carbonyl (C=O) groups is 3. The first kappa shape index (κ1) is 23.4. The lowest BCUT2D eigenvalue weighted by molar-refractivity contribution is -0.148. The zero-order valence-corrected chi connectivity index (χ0v) is 19.4. The summed E-state index contributed by atoms with van der Waals surface area (Å²) in [4.78, 5) is 37.2. The van der Waals surface area contributed by atoms with E-state index in [1.54, 1.807) is 0 Å². The first-order valence-electron chi connectivity index (χ1n) is 12.3. The van der Waals surface area contributed by atoms with Crippen LogP contribution in [-0.4, -0.2) is 54.5 Å². The van der Waals surface area contributed by atoms with E-state index in [0.717, 1.165) is 35.1 Å². The average Bonchev–Trinajstić information content (AvgIpc) is 3.46. The lowest BCUT2D eigenvalue weighted by atomic mass is 9.83. The fraction of sp³-hybridized carbons (Fsp3) is 0.444. The summed E-state index contributed by atoms with van der Waals surface area (Å²) in [6, 6.07) is 15.4. The van der Waals surface area contributed by atoms with Gasteiger partial charge >= 0.3 is 12.1 Å². The fourth-order valence-electron chi connectivity index (χ4n) is 5.68. The summed E-state index contributed by atoms with van der Waals surface area (Å²) in [7, 11) is 0. The molecule has 5 rings (SSSR count). The first-order valence-corrected chi connectivity index (χ1v) is 12.3. The van der Waals surface area contributed by atoms with Crippen molar-refractivity contribution in [3.8, 4) is 11.1 Å². The van der Waals surface area contributed by atoms with Crippen LogP contribution in [0.25, 0.3) is 11.1 Å². The van der Waals surface area contributed by atoms with Gasteiger partial charge in [0.05, 0.1) is 12.0 Å². The summed E-state index contributed by atoms with van der Waals surface area (Å²) < 4.78 is 10.9. The minimum Gasteiger partial charge on any atom is -0.479 e. The Morgan fingerprint density at radius 2 is 1.54 bits per heavy atom. The minimum atomic E-state index is -1.08. The number of hydrogen-bond donors (Lipinski definition) is 3. The minimum absolute atomic E-state index is 0.0334. The molecule has 1 saturated heterocycles. The van der Waals surface area contributed by atoms with Crippen molar-refractivity contribution in [1.29, 1.82) is 0 Å². The van der Waals surface area contributed by atoms with Gasteiger partial charge < -0.3 is 25.2 Å². The largest absolute Gasteiger partial charge is 0.479 e. The highest BCUT2D eigenvalue weighted by molar-refractivity contribution is 5.83. The van der Waals surface area contributed by atoms with Crippen LogP contribution in [0.3, 0.4) is 0 Å². The van der Waals surface area contributed by atoms with Gasteiger partial charge in [-0.05, 0) is 41.5 Å². The molecule has 35 heavy (non-hydrogen) atoms. The van der Waals surface area contributed by atoms with Crippen molar-refractivity contribution < 1.29 is 29.0 Å². The third-order valence-electron chi connectivity index (χ3n) is 7.41. The van der Waals surface area contributed by atoms with E-state index >= 15 is 0 Å². The number of ether oxygens (including phenoxy) is 2. The Kier molecular flexibility index (Phi) is 6.72. The van der Waals surface area contributed by atoms with Crippen molar-refractivity contribution >= 4 is 18.0 Å². The molecule has 1 heterocycles. The van der Waals surface area contributed by atoms with Crippen molar-refractivity contribution in [1.82, 2.24) is 10.6 Å². The van der Waals surface area contributed by atoms with Crippen LogP contribution in [0.2, 0.25) is 0 Å². The van der Waals surface area contributed by atoms with Gasteiger partial charge in [-0.15, -0.1) is 0 Å². The molecule has 8 heteroatoms. The summed E-state index contributed by atoms with van der Waals surface area (Å²) in [6.45, 7) is 0.511. The molecule has 4 atom stereocenters. The summed E-state index contributed by atoms with van der Waals surface area (Å²) in [5, 5.41) is 15.1. The molecule has 0 spiro atoms. The number of benzene rings is 2. The molecule has 3 N–H and O–H groups in total. The van der Waals surface area contributed by atoms with Crippen LogP contribution in [0.1, 0.15) is 49.1 Å². The topological polar surface area (TPSA) is 114 Å². The monoisotopic (exact) mass is 478 g/mol. The van der Waals surface area contributed by atoms with Crippen LogP contribution in [0, 0.1) is 5.92 Å². The molecule has 2 aliphatic carbocycles. The molecule has 184 valence electrons. The first-order chi connectivity index (χ1) is 17.0. The number of hydrogen-bond acceptors (Lipinski definition) is 5. The Morgan fingerprint density at radius 3 is 2.23 bits per heavy atom. The molecule has 2 fully saturated rings. The van der Waals surface area contributed by atoms with E-state index < -0.39 is 30.1 Å². The Labute approximate surface area is 204 Å². The van der Waals surface area contributed by atoms with Crippen LogP contribution in [0.4, 0.5) is 4.79 Å². The summed E-state index contributed by atoms with van der Waals surface area (Å²) in [5.74, 6) is -1.78. The van der Waals surface area contributed by atoms with Gasteiger partial charge in [0.2, 0.25) is 5.91 Å². The highest BCUT2D eigenvalue weighted by atomic mass is 16.5. The van der Waals surface area contributed by atoms with Crippen molar-refractivity contribution in [2.24, 2.45) is 5.92 Å². The van der Waals surface area contributed by atoms with E-state index in [1.165, 1.54) is 0 Å². The number of alkyl carbamates (subject to hydrolysis) is 1. The van der Waals surface area contributed by atoms with Gasteiger partial charge in [0.15, 0.2) is 6.10 Å². The standard InChI is InChI=1S/C27H30N2O6/c30-25(28-23-13-14-34-24(23)26(31)32)20-11-5-6-12-22(20)29-27(33)35-15-21-18-9-3-1-7-16(18)17-8-2-4-10-19(17)21/h1-4,7-10,20-24H,5-6,11-15H2,(H,28,30)(H,29,33)(H,31,32)/t20-,22+,23+,24-/m0/s1. The van der Waals surface area contributed by atoms with Crippen LogP contribution in [0.5, 0.6) is 0 Å². The van der Waals surface area contributed by atoms with E-state index in [9.17, 15) is 19.5 Å². The van der Waals surface area contributed by atoms with E-state index in [1.807, 2.05) is 24.3 Å². The molecule has 2 aromatic rings. The van der Waals surface area contributed by atoms with Gasteiger partial charge in [0, 0.05) is 18.6 Å². The van der Waals surface area contributed by atoms with E-state index in [2.05, 4.69) is 34.9 Å². The molecular formula is C27H30N2O6. The molecule has 3 aliphatic rings. The van der Waals surface area contributed by atoms with Crippen molar-refractivity contribution in [3.05, 3.63) is 59.7 Å². The zero-order valence-electron chi connectivity index (χ0n) is 19.4. The lowest BCUT2D eigenvalue weighted by Crippen LogP contribution is -2.52. The zero-order chi connectivity index (χ0) is 24.4. The van der Waals surface area contributed by atoms with Gasteiger partial charge in [0.25, 0.3) is 0 Å². The summed E-state index contributed by atoms with van der Waals surface area (Å²) in [5.41, 5.74) is 4.61. The Bertz CT molecular complexity index is 1070. The smallest absolute Gasteiger partial charge is 0.407 e. The number of aliphatic carboxylic acids is 1. The predicted octanol–water partition coefficient (Wildman–Crippen LogP) is 3.44. The van der Waals surface area contributed by atoms with Crippen LogP contribution in [-0.2, 0) is 19.1 Å². The van der Waals surface area contributed by atoms with Crippen LogP contribution in [0.15, 0.2) is 48.5 Å². The van der Waals surface area contributed by atoms with E-state index in [-0.39, 0.29) is 24.5 Å². The molecule has 8 nitrogen and oxygen atoms in total. The quantitative estimate of drug-likeness (QED) is 0.586. The number of amides is 2. The Morgan fingerprint density at radius 1 is 0.886 bits per heavy atom. The number of carbonyl (C=O) groups excluding carboxylic acids is 2. The summed E-state index contributed by atoms with van der Waals surface area (Å²) in [6.07, 6.45) is 1.98.